The molecule has 1 aromatic heterocycles. The quantitative estimate of drug-likeness (QED) is 0.758. The number of carbonyl (C=O) groups is 1. The predicted molar refractivity (Wildman–Crippen MR) is 71.6 cm³/mol. The highest BCUT2D eigenvalue weighted by Gasteiger charge is 2.26. The normalized spacial score (nSPS) is 14.6. The molecule has 0 fully saturated rings. The van der Waals surface area contributed by atoms with Gasteiger partial charge in [-0.05, 0) is 18.1 Å². The Kier molecular flexibility index (Phi) is 3.67. The van der Waals surface area contributed by atoms with Crippen molar-refractivity contribution in [1.82, 2.24) is 4.98 Å². The van der Waals surface area contributed by atoms with Gasteiger partial charge in [-0.25, -0.2) is 0 Å². The maximum absolute atomic E-state index is 11.1. The van der Waals surface area contributed by atoms with Crippen molar-refractivity contribution in [3.8, 4) is 0 Å². The highest BCUT2D eigenvalue weighted by atomic mass is 16.4. The molecule has 0 aliphatic heterocycles. The number of aromatic amines is 1. The number of H-pyrrole nitrogens is 1. The van der Waals surface area contributed by atoms with Crippen molar-refractivity contribution in [2.45, 2.75) is 31.7 Å². The van der Waals surface area contributed by atoms with Crippen molar-refractivity contribution in [3.63, 3.8) is 0 Å². The first-order chi connectivity index (χ1) is 8.65. The maximum Gasteiger partial charge on any atom is 0.321 e. The van der Waals surface area contributed by atoms with Crippen molar-refractivity contribution in [3.05, 3.63) is 36.0 Å². The van der Waals surface area contributed by atoms with Crippen LogP contribution in [0.5, 0.6) is 0 Å². The zero-order valence-corrected chi connectivity index (χ0v) is 10.4. The van der Waals surface area contributed by atoms with Gasteiger partial charge in [0, 0.05) is 23.0 Å². The van der Waals surface area contributed by atoms with Gasteiger partial charge < -0.3 is 15.8 Å². The summed E-state index contributed by atoms with van der Waals surface area (Å²) in [6.07, 6.45) is 3.56. The van der Waals surface area contributed by atoms with E-state index in [1.807, 2.05) is 37.4 Å². The Morgan fingerprint density at radius 2 is 2.17 bits per heavy atom. The Morgan fingerprint density at radius 1 is 1.44 bits per heavy atom. The van der Waals surface area contributed by atoms with E-state index in [4.69, 9.17) is 10.8 Å². The highest BCUT2D eigenvalue weighted by molar-refractivity contribution is 5.85. The number of hydrogen-bond acceptors (Lipinski definition) is 2. The van der Waals surface area contributed by atoms with Gasteiger partial charge in [-0.3, -0.25) is 4.79 Å². The van der Waals surface area contributed by atoms with Crippen LogP contribution in [-0.4, -0.2) is 22.1 Å². The molecule has 0 spiro atoms. The molecule has 4 N–H and O–H groups in total. The lowest BCUT2D eigenvalue weighted by molar-refractivity contribution is -0.139. The molecule has 2 aromatic rings. The lowest BCUT2D eigenvalue weighted by atomic mass is 9.88. The number of aliphatic carboxylic acids is 1. The van der Waals surface area contributed by atoms with Gasteiger partial charge in [0.25, 0.3) is 0 Å². The van der Waals surface area contributed by atoms with Crippen molar-refractivity contribution in [1.29, 1.82) is 0 Å². The van der Waals surface area contributed by atoms with E-state index in [1.165, 1.54) is 0 Å². The summed E-state index contributed by atoms with van der Waals surface area (Å²) in [6.45, 7) is 2.04. The molecule has 0 unspecified atom stereocenters. The number of aromatic nitrogens is 1. The van der Waals surface area contributed by atoms with Crippen LogP contribution in [0.25, 0.3) is 10.9 Å². The number of carboxylic acids is 1. The lowest BCUT2D eigenvalue weighted by Crippen LogP contribution is -2.36. The van der Waals surface area contributed by atoms with Gasteiger partial charge in [-0.2, -0.15) is 0 Å². The topological polar surface area (TPSA) is 79.1 Å². The standard InChI is InChI=1S/C14H18N2O2/c1-2-5-10(13(15)14(17)18)11-8-16-12-7-4-3-6-9(11)12/h3-4,6-8,10,13,16H,2,5,15H2,1H3,(H,17,18)/t10-,13-/m0/s1. The van der Waals surface area contributed by atoms with Crippen LogP contribution < -0.4 is 5.73 Å². The van der Waals surface area contributed by atoms with Crippen LogP contribution in [0, 0.1) is 0 Å². The van der Waals surface area contributed by atoms with Crippen LogP contribution in [0.3, 0.4) is 0 Å². The number of benzene rings is 1. The number of nitrogens with two attached hydrogens (primary N) is 1. The smallest absolute Gasteiger partial charge is 0.321 e. The average Bonchev–Trinajstić information content (AvgIpc) is 2.79. The Hall–Kier alpha value is -1.81. The van der Waals surface area contributed by atoms with Crippen LogP contribution >= 0.6 is 0 Å². The summed E-state index contributed by atoms with van der Waals surface area (Å²) in [5.41, 5.74) is 7.84. The van der Waals surface area contributed by atoms with Gasteiger partial charge in [0.1, 0.15) is 6.04 Å². The highest BCUT2D eigenvalue weighted by Crippen LogP contribution is 2.30. The molecule has 1 aromatic carbocycles. The van der Waals surface area contributed by atoms with Crippen LogP contribution in [-0.2, 0) is 4.79 Å². The van der Waals surface area contributed by atoms with Gasteiger partial charge >= 0.3 is 5.97 Å². The molecule has 2 atom stereocenters. The van der Waals surface area contributed by atoms with Crippen molar-refractivity contribution >= 4 is 16.9 Å². The molecule has 2 rings (SSSR count). The minimum absolute atomic E-state index is 0.149. The molecule has 18 heavy (non-hydrogen) atoms. The van der Waals surface area contributed by atoms with E-state index < -0.39 is 12.0 Å². The number of fused-ring (bicyclic) bond motifs is 1. The van der Waals surface area contributed by atoms with Crippen LogP contribution in [0.4, 0.5) is 0 Å². The fourth-order valence-corrected chi connectivity index (χ4v) is 2.41. The Morgan fingerprint density at radius 3 is 2.83 bits per heavy atom. The summed E-state index contributed by atoms with van der Waals surface area (Å²) in [5, 5.41) is 10.2. The van der Waals surface area contributed by atoms with Gasteiger partial charge in [-0.15, -0.1) is 0 Å². The first-order valence-corrected chi connectivity index (χ1v) is 6.19. The second-order valence-electron chi connectivity index (χ2n) is 4.55. The van der Waals surface area contributed by atoms with E-state index in [2.05, 4.69) is 4.98 Å². The molecule has 1 heterocycles. The van der Waals surface area contributed by atoms with Gasteiger partial charge in [0.15, 0.2) is 0 Å². The zero-order valence-electron chi connectivity index (χ0n) is 10.4. The Bertz CT molecular complexity index is 547. The molecule has 0 saturated carbocycles. The number of carboxylic acid groups (broad SMARTS) is 1. The number of nitrogens with one attached hydrogen (secondary N) is 1. The number of hydrogen-bond donors (Lipinski definition) is 3. The molecule has 0 saturated heterocycles. The van der Waals surface area contributed by atoms with E-state index in [-0.39, 0.29) is 5.92 Å². The lowest BCUT2D eigenvalue weighted by Gasteiger charge is -2.19. The molecule has 0 aliphatic carbocycles. The molecule has 4 nitrogen and oxygen atoms in total. The second kappa shape index (κ2) is 5.23. The summed E-state index contributed by atoms with van der Waals surface area (Å²) in [7, 11) is 0. The summed E-state index contributed by atoms with van der Waals surface area (Å²) in [4.78, 5) is 14.3. The maximum atomic E-state index is 11.1. The summed E-state index contributed by atoms with van der Waals surface area (Å²) < 4.78 is 0. The van der Waals surface area contributed by atoms with Gasteiger partial charge in [-0.1, -0.05) is 31.5 Å². The summed E-state index contributed by atoms with van der Waals surface area (Å²) >= 11 is 0. The van der Waals surface area contributed by atoms with E-state index >= 15 is 0 Å². The fraction of sp³-hybridized carbons (Fsp3) is 0.357. The third-order valence-electron chi connectivity index (χ3n) is 3.34. The Balaban J connectivity index is 2.44. The molecule has 0 radical (unpaired) electrons. The molecule has 0 bridgehead atoms. The molecule has 0 amide bonds. The first kappa shape index (κ1) is 12.6. The van der Waals surface area contributed by atoms with Crippen molar-refractivity contribution < 1.29 is 9.90 Å². The third kappa shape index (κ3) is 2.24. The molecular weight excluding hydrogens is 228 g/mol. The second-order valence-corrected chi connectivity index (χ2v) is 4.55. The predicted octanol–water partition coefficient (Wildman–Crippen LogP) is 2.46. The van der Waals surface area contributed by atoms with E-state index in [0.29, 0.717) is 0 Å². The first-order valence-electron chi connectivity index (χ1n) is 6.19. The number of rotatable bonds is 5. The average molecular weight is 246 g/mol. The Labute approximate surface area is 106 Å². The van der Waals surface area contributed by atoms with Crippen molar-refractivity contribution in [2.75, 3.05) is 0 Å². The third-order valence-corrected chi connectivity index (χ3v) is 3.34. The van der Waals surface area contributed by atoms with E-state index in [0.717, 1.165) is 29.3 Å². The number of para-hydroxylation sites is 1. The molecular formula is C14H18N2O2. The minimum atomic E-state index is -0.946. The van der Waals surface area contributed by atoms with Crippen molar-refractivity contribution in [2.24, 2.45) is 5.73 Å². The molecule has 4 heteroatoms. The molecule has 0 aliphatic rings. The van der Waals surface area contributed by atoms with Crippen LogP contribution in [0.1, 0.15) is 31.2 Å². The van der Waals surface area contributed by atoms with E-state index in [1.54, 1.807) is 0 Å². The summed E-state index contributed by atoms with van der Waals surface area (Å²) in [6, 6.07) is 7.03. The minimum Gasteiger partial charge on any atom is -0.480 e. The van der Waals surface area contributed by atoms with Crippen LogP contribution in [0.2, 0.25) is 0 Å². The van der Waals surface area contributed by atoms with Gasteiger partial charge in [0.2, 0.25) is 0 Å². The SMILES string of the molecule is CCC[C@@H](c1c[nH]c2ccccc12)[C@H](N)C(=O)O. The molecule has 96 valence electrons. The van der Waals surface area contributed by atoms with E-state index in [9.17, 15) is 4.79 Å². The largest absolute Gasteiger partial charge is 0.480 e. The van der Waals surface area contributed by atoms with Gasteiger partial charge in [0.05, 0.1) is 0 Å². The van der Waals surface area contributed by atoms with Crippen LogP contribution in [0.15, 0.2) is 30.5 Å². The zero-order chi connectivity index (χ0) is 13.1. The summed E-state index contributed by atoms with van der Waals surface area (Å²) in [5.74, 6) is -1.10. The fourth-order valence-electron chi connectivity index (χ4n) is 2.41. The monoisotopic (exact) mass is 246 g/mol.